The lowest BCUT2D eigenvalue weighted by Crippen LogP contribution is -2.47. The first-order valence-corrected chi connectivity index (χ1v) is 8.33. The number of hydrogen-bond donors (Lipinski definition) is 1. The van der Waals surface area contributed by atoms with Gasteiger partial charge in [-0.2, -0.15) is 0 Å². The molecule has 7 heteroatoms. The summed E-state index contributed by atoms with van der Waals surface area (Å²) >= 11 is 0. The number of piperidine rings is 1. The molecule has 0 spiro atoms. The van der Waals surface area contributed by atoms with E-state index in [0.717, 1.165) is 30.4 Å². The zero-order chi connectivity index (χ0) is 17.0. The molecule has 7 nitrogen and oxygen atoms in total. The molecule has 0 aromatic carbocycles. The number of anilines is 1. The molecule has 0 radical (unpaired) electrons. The van der Waals surface area contributed by atoms with Crippen LogP contribution >= 0.6 is 0 Å². The number of amides is 1. The summed E-state index contributed by atoms with van der Waals surface area (Å²) in [6.45, 7) is 6.37. The van der Waals surface area contributed by atoms with Crippen molar-refractivity contribution in [2.75, 3.05) is 24.5 Å². The van der Waals surface area contributed by atoms with Crippen LogP contribution in [0.2, 0.25) is 0 Å². The number of aromatic nitrogens is 2. The molecule has 1 aliphatic rings. The van der Waals surface area contributed by atoms with Gasteiger partial charge in [0.1, 0.15) is 5.82 Å². The highest BCUT2D eigenvalue weighted by molar-refractivity contribution is 5.79. The maximum absolute atomic E-state index is 12.3. The summed E-state index contributed by atoms with van der Waals surface area (Å²) in [7, 11) is 1.48. The first kappa shape index (κ1) is 17.3. The van der Waals surface area contributed by atoms with E-state index in [1.165, 1.54) is 13.1 Å². The lowest BCUT2D eigenvalue weighted by Gasteiger charge is -2.34. The maximum atomic E-state index is 12.3. The zero-order valence-electron chi connectivity index (χ0n) is 14.2. The van der Waals surface area contributed by atoms with Gasteiger partial charge in [-0.25, -0.2) is 4.79 Å². The second kappa shape index (κ2) is 7.48. The summed E-state index contributed by atoms with van der Waals surface area (Å²) in [6, 6.07) is 1.50. The van der Waals surface area contributed by atoms with Crippen molar-refractivity contribution < 1.29 is 4.79 Å². The fourth-order valence-electron chi connectivity index (χ4n) is 3.01. The Balaban J connectivity index is 2.27. The van der Waals surface area contributed by atoms with Gasteiger partial charge in [-0.3, -0.25) is 18.7 Å². The summed E-state index contributed by atoms with van der Waals surface area (Å²) in [4.78, 5) is 38.4. The van der Waals surface area contributed by atoms with Crippen LogP contribution < -0.4 is 21.5 Å². The van der Waals surface area contributed by atoms with Crippen LogP contribution in [-0.4, -0.2) is 34.7 Å². The number of nitrogens with zero attached hydrogens (tertiary/aromatic N) is 3. The van der Waals surface area contributed by atoms with E-state index >= 15 is 0 Å². The van der Waals surface area contributed by atoms with Crippen LogP contribution in [-0.2, 0) is 18.4 Å². The van der Waals surface area contributed by atoms with Gasteiger partial charge in [0.2, 0.25) is 5.91 Å². The van der Waals surface area contributed by atoms with Crippen LogP contribution in [0.5, 0.6) is 0 Å². The van der Waals surface area contributed by atoms with Gasteiger partial charge in [-0.05, 0) is 26.2 Å². The van der Waals surface area contributed by atoms with E-state index in [9.17, 15) is 14.4 Å². The molecule has 1 unspecified atom stereocenters. The molecule has 1 N–H and O–H groups in total. The second-order valence-corrected chi connectivity index (χ2v) is 6.00. The Morgan fingerprint density at radius 1 is 1.35 bits per heavy atom. The zero-order valence-corrected chi connectivity index (χ0v) is 14.2. The lowest BCUT2D eigenvalue weighted by atomic mass is 9.97. The Morgan fingerprint density at radius 2 is 2.09 bits per heavy atom. The highest BCUT2D eigenvalue weighted by Crippen LogP contribution is 2.21. The summed E-state index contributed by atoms with van der Waals surface area (Å²) < 4.78 is 2.70. The second-order valence-electron chi connectivity index (χ2n) is 6.00. The third kappa shape index (κ3) is 3.65. The Morgan fingerprint density at radius 3 is 2.74 bits per heavy atom. The van der Waals surface area contributed by atoms with E-state index in [1.54, 1.807) is 4.57 Å². The molecule has 1 saturated heterocycles. The number of rotatable bonds is 5. The van der Waals surface area contributed by atoms with E-state index in [-0.39, 0.29) is 23.1 Å². The summed E-state index contributed by atoms with van der Waals surface area (Å²) in [5.74, 6) is 0.583. The molecule has 0 saturated carbocycles. The molecule has 1 atom stereocenters. The molecule has 1 amide bonds. The van der Waals surface area contributed by atoms with Crippen LogP contribution in [0.1, 0.15) is 33.1 Å². The van der Waals surface area contributed by atoms with Crippen molar-refractivity contribution in [1.29, 1.82) is 0 Å². The normalized spacial score (nSPS) is 18.0. The van der Waals surface area contributed by atoms with E-state index in [4.69, 9.17) is 0 Å². The number of hydrogen-bond acceptors (Lipinski definition) is 4. The van der Waals surface area contributed by atoms with Crippen LogP contribution in [0, 0.1) is 5.92 Å². The third-order valence-corrected chi connectivity index (χ3v) is 4.36. The van der Waals surface area contributed by atoms with Gasteiger partial charge in [-0.15, -0.1) is 0 Å². The summed E-state index contributed by atoms with van der Waals surface area (Å²) in [5.41, 5.74) is -0.625. The molecule has 1 aromatic heterocycles. The molecule has 1 fully saturated rings. The van der Waals surface area contributed by atoms with Gasteiger partial charge in [-0.1, -0.05) is 6.92 Å². The maximum Gasteiger partial charge on any atom is 0.332 e. The molecule has 1 aliphatic heterocycles. The van der Waals surface area contributed by atoms with E-state index in [2.05, 4.69) is 5.32 Å². The Kier molecular flexibility index (Phi) is 5.63. The van der Waals surface area contributed by atoms with Gasteiger partial charge in [0.15, 0.2) is 0 Å². The molecular formula is C16H26N4O3. The number of carbonyl (C=O) groups is 1. The average Bonchev–Trinajstić information content (AvgIpc) is 2.57. The van der Waals surface area contributed by atoms with Crippen molar-refractivity contribution in [3.63, 3.8) is 0 Å². The average molecular weight is 322 g/mol. The predicted molar refractivity (Wildman–Crippen MR) is 89.9 cm³/mol. The molecule has 2 rings (SSSR count). The summed E-state index contributed by atoms with van der Waals surface area (Å²) in [6.07, 6.45) is 2.62. The minimum absolute atomic E-state index is 0.0609. The molecule has 0 bridgehead atoms. The van der Waals surface area contributed by atoms with Gasteiger partial charge in [0, 0.05) is 39.3 Å². The largest absolute Gasteiger partial charge is 0.357 e. The van der Waals surface area contributed by atoms with Crippen LogP contribution in [0.3, 0.4) is 0 Å². The van der Waals surface area contributed by atoms with Crippen LogP contribution in [0.15, 0.2) is 15.7 Å². The van der Waals surface area contributed by atoms with Gasteiger partial charge in [0.05, 0.1) is 5.92 Å². The van der Waals surface area contributed by atoms with Crippen LogP contribution in [0.4, 0.5) is 5.82 Å². The van der Waals surface area contributed by atoms with Crippen LogP contribution in [0.25, 0.3) is 0 Å². The SMILES string of the molecule is CCCNC(=O)C1CCCN(c2cc(=O)n(C)c(=O)n2CC)C1. The monoisotopic (exact) mass is 322 g/mol. The highest BCUT2D eigenvalue weighted by Gasteiger charge is 2.27. The van der Waals surface area contributed by atoms with Crippen molar-refractivity contribution in [2.24, 2.45) is 13.0 Å². The minimum atomic E-state index is -0.313. The molecule has 0 aliphatic carbocycles. The van der Waals surface area contributed by atoms with Crippen molar-refractivity contribution >= 4 is 11.7 Å². The number of carbonyl (C=O) groups excluding carboxylic acids is 1. The van der Waals surface area contributed by atoms with Crippen molar-refractivity contribution in [3.05, 3.63) is 26.9 Å². The first-order valence-electron chi connectivity index (χ1n) is 8.33. The number of nitrogens with one attached hydrogen (secondary N) is 1. The molecular weight excluding hydrogens is 296 g/mol. The molecule has 1 aromatic rings. The minimum Gasteiger partial charge on any atom is -0.357 e. The van der Waals surface area contributed by atoms with Gasteiger partial charge in [0.25, 0.3) is 5.56 Å². The topological polar surface area (TPSA) is 76.3 Å². The highest BCUT2D eigenvalue weighted by atomic mass is 16.2. The Labute approximate surface area is 135 Å². The smallest absolute Gasteiger partial charge is 0.332 e. The Bertz CT molecular complexity index is 677. The Hall–Kier alpha value is -2.05. The van der Waals surface area contributed by atoms with Gasteiger partial charge >= 0.3 is 5.69 Å². The van der Waals surface area contributed by atoms with Crippen molar-refractivity contribution in [3.8, 4) is 0 Å². The standard InChI is InChI=1S/C16H26N4O3/c1-4-8-17-15(22)12-7-6-9-19(11-12)13-10-14(21)18(3)16(23)20(13)5-2/h10,12H,4-9,11H2,1-3H3,(H,17,22). The van der Waals surface area contributed by atoms with E-state index in [0.29, 0.717) is 25.5 Å². The van der Waals surface area contributed by atoms with Crippen molar-refractivity contribution in [1.82, 2.24) is 14.5 Å². The fraction of sp³-hybridized carbons (Fsp3) is 0.688. The quantitative estimate of drug-likeness (QED) is 0.846. The third-order valence-electron chi connectivity index (χ3n) is 4.36. The molecule has 23 heavy (non-hydrogen) atoms. The molecule has 128 valence electrons. The summed E-state index contributed by atoms with van der Waals surface area (Å²) in [5, 5.41) is 2.93. The first-order chi connectivity index (χ1) is 11.0. The predicted octanol–water partition coefficient (Wildman–Crippen LogP) is 0.310. The lowest BCUT2D eigenvalue weighted by molar-refractivity contribution is -0.125. The van der Waals surface area contributed by atoms with E-state index in [1.807, 2.05) is 18.7 Å². The fourth-order valence-corrected chi connectivity index (χ4v) is 3.01. The van der Waals surface area contributed by atoms with Gasteiger partial charge < -0.3 is 10.2 Å². The van der Waals surface area contributed by atoms with Crippen molar-refractivity contribution in [2.45, 2.75) is 39.7 Å². The van der Waals surface area contributed by atoms with E-state index < -0.39 is 0 Å². The molecule has 2 heterocycles.